The molecule has 0 aliphatic carbocycles. The molecular weight excluding hydrogens is 350 g/mol. The van der Waals surface area contributed by atoms with Crippen LogP contribution < -0.4 is 0 Å². The summed E-state index contributed by atoms with van der Waals surface area (Å²) in [6, 6.07) is 9.60. The molecule has 1 aliphatic rings. The molecule has 2 heterocycles. The molecule has 0 spiro atoms. The Hall–Kier alpha value is -2.15. The molecule has 1 saturated heterocycles. The molecule has 1 unspecified atom stereocenters. The van der Waals surface area contributed by atoms with E-state index in [1.54, 1.807) is 17.8 Å². The molecule has 0 N–H and O–H groups in total. The third-order valence-corrected chi connectivity index (χ3v) is 6.74. The lowest BCUT2D eigenvalue weighted by Gasteiger charge is -2.22. The lowest BCUT2D eigenvalue weighted by Crippen LogP contribution is -2.38. The Bertz CT molecular complexity index is 914. The van der Waals surface area contributed by atoms with Crippen molar-refractivity contribution < 1.29 is 13.2 Å². The van der Waals surface area contributed by atoms with Crippen LogP contribution in [-0.2, 0) is 9.84 Å². The average molecular weight is 375 g/mol. The van der Waals surface area contributed by atoms with Crippen molar-refractivity contribution in [3.8, 4) is 5.69 Å². The van der Waals surface area contributed by atoms with Gasteiger partial charge in [0.1, 0.15) is 0 Å². The first-order valence-electron chi connectivity index (χ1n) is 8.82. The van der Waals surface area contributed by atoms with E-state index in [9.17, 15) is 13.2 Å². The normalized spacial score (nSPS) is 19.0. The molecule has 1 aromatic heterocycles. The van der Waals surface area contributed by atoms with Gasteiger partial charge in [-0.3, -0.25) is 4.79 Å². The first-order chi connectivity index (χ1) is 12.2. The molecule has 0 radical (unpaired) electrons. The van der Waals surface area contributed by atoms with E-state index >= 15 is 0 Å². The van der Waals surface area contributed by atoms with Crippen LogP contribution in [0.4, 0.5) is 0 Å². The number of nitrogens with zero attached hydrogens (tertiary/aromatic N) is 3. The molecular formula is C19H25N3O3S. The highest BCUT2D eigenvalue weighted by atomic mass is 32.2. The second-order valence-electron chi connectivity index (χ2n) is 7.30. The fourth-order valence-corrected chi connectivity index (χ4v) is 5.04. The van der Waals surface area contributed by atoms with Gasteiger partial charge in [-0.2, -0.15) is 5.10 Å². The Morgan fingerprint density at radius 2 is 1.92 bits per heavy atom. The minimum absolute atomic E-state index is 0.0333. The summed E-state index contributed by atoms with van der Waals surface area (Å²) in [6.07, 6.45) is 0.487. The number of sulfone groups is 1. The smallest absolute Gasteiger partial charge is 0.274 e. The van der Waals surface area contributed by atoms with Crippen molar-refractivity contribution >= 4 is 15.7 Å². The van der Waals surface area contributed by atoms with Gasteiger partial charge in [-0.05, 0) is 43.0 Å². The molecule has 0 saturated carbocycles. The van der Waals surface area contributed by atoms with Crippen LogP contribution >= 0.6 is 0 Å². The van der Waals surface area contributed by atoms with Gasteiger partial charge in [-0.25, -0.2) is 13.1 Å². The largest absolute Gasteiger partial charge is 0.336 e. The summed E-state index contributed by atoms with van der Waals surface area (Å²) in [5.74, 6) is 0.389. The zero-order valence-corrected chi connectivity index (χ0v) is 16.5. The van der Waals surface area contributed by atoms with Gasteiger partial charge < -0.3 is 4.90 Å². The number of amides is 1. The first kappa shape index (κ1) is 18.6. The van der Waals surface area contributed by atoms with Crippen molar-refractivity contribution in [1.82, 2.24) is 14.7 Å². The highest BCUT2D eigenvalue weighted by molar-refractivity contribution is 7.91. The summed E-state index contributed by atoms with van der Waals surface area (Å²) in [6.45, 7) is 6.19. The topological polar surface area (TPSA) is 72.3 Å². The zero-order chi connectivity index (χ0) is 19.1. The van der Waals surface area contributed by atoms with E-state index < -0.39 is 9.84 Å². The first-order valence-corrected chi connectivity index (χ1v) is 10.6. The number of aromatic nitrogens is 2. The maximum absolute atomic E-state index is 12.7. The van der Waals surface area contributed by atoms with Gasteiger partial charge in [-0.1, -0.05) is 26.0 Å². The van der Waals surface area contributed by atoms with Crippen molar-refractivity contribution in [2.24, 2.45) is 0 Å². The fourth-order valence-electron chi connectivity index (χ4n) is 3.27. The van der Waals surface area contributed by atoms with E-state index in [1.807, 2.05) is 19.1 Å². The lowest BCUT2D eigenvalue weighted by molar-refractivity contribution is 0.0741. The molecule has 0 bridgehead atoms. The second kappa shape index (κ2) is 6.87. The van der Waals surface area contributed by atoms with E-state index in [1.165, 1.54) is 10.5 Å². The minimum atomic E-state index is -3.03. The van der Waals surface area contributed by atoms with Crippen LogP contribution in [0.15, 0.2) is 30.3 Å². The fraction of sp³-hybridized carbons (Fsp3) is 0.474. The van der Waals surface area contributed by atoms with Gasteiger partial charge in [0, 0.05) is 18.8 Å². The van der Waals surface area contributed by atoms with Crippen LogP contribution in [0, 0.1) is 6.92 Å². The quantitative estimate of drug-likeness (QED) is 0.823. The van der Waals surface area contributed by atoms with Gasteiger partial charge in [-0.15, -0.1) is 0 Å². The summed E-state index contributed by atoms with van der Waals surface area (Å²) in [4.78, 5) is 14.3. The summed E-state index contributed by atoms with van der Waals surface area (Å²) < 4.78 is 25.1. The second-order valence-corrected chi connectivity index (χ2v) is 9.53. The molecule has 1 amide bonds. The highest BCUT2D eigenvalue weighted by Crippen LogP contribution is 2.21. The minimum Gasteiger partial charge on any atom is -0.336 e. The van der Waals surface area contributed by atoms with Crippen molar-refractivity contribution in [3.05, 3.63) is 47.3 Å². The van der Waals surface area contributed by atoms with Crippen LogP contribution in [0.2, 0.25) is 0 Å². The van der Waals surface area contributed by atoms with Crippen LogP contribution in [0.5, 0.6) is 0 Å². The molecule has 1 aromatic carbocycles. The van der Waals surface area contributed by atoms with Crippen molar-refractivity contribution in [2.75, 3.05) is 18.6 Å². The van der Waals surface area contributed by atoms with Gasteiger partial charge in [0.15, 0.2) is 15.5 Å². The van der Waals surface area contributed by atoms with Crippen LogP contribution in [0.25, 0.3) is 5.69 Å². The summed E-state index contributed by atoms with van der Waals surface area (Å²) in [7, 11) is -1.38. The molecule has 7 heteroatoms. The molecule has 1 aliphatic heterocycles. The number of rotatable bonds is 4. The van der Waals surface area contributed by atoms with Crippen LogP contribution in [-0.4, -0.2) is 53.6 Å². The molecule has 2 aromatic rings. The predicted octanol–water partition coefficient (Wildman–Crippen LogP) is 2.56. The number of aryl methyl sites for hydroxylation is 1. The van der Waals surface area contributed by atoms with E-state index in [0.717, 1.165) is 11.4 Å². The van der Waals surface area contributed by atoms with Gasteiger partial charge in [0.05, 0.1) is 17.2 Å². The van der Waals surface area contributed by atoms with Crippen molar-refractivity contribution in [3.63, 3.8) is 0 Å². The number of carbonyl (C=O) groups excluding carboxylic acids is 1. The standard InChI is InChI=1S/C19H25N3O3S/c1-13(2)15-5-7-16(8-6-15)22-14(3)11-18(20-22)19(23)21(4)17-9-10-26(24,25)12-17/h5-8,11,13,17H,9-10,12H2,1-4H3. The van der Waals surface area contributed by atoms with Gasteiger partial charge >= 0.3 is 0 Å². The zero-order valence-electron chi connectivity index (χ0n) is 15.6. The Balaban J connectivity index is 1.82. The van der Waals surface area contributed by atoms with E-state index in [2.05, 4.69) is 31.1 Å². The molecule has 6 nitrogen and oxygen atoms in total. The SMILES string of the molecule is Cc1cc(C(=O)N(C)C2CCS(=O)(=O)C2)nn1-c1ccc(C(C)C)cc1. The lowest BCUT2D eigenvalue weighted by atomic mass is 10.0. The van der Waals surface area contributed by atoms with E-state index in [0.29, 0.717) is 18.0 Å². The monoisotopic (exact) mass is 375 g/mol. The summed E-state index contributed by atoms with van der Waals surface area (Å²) in [5, 5.41) is 4.46. The summed E-state index contributed by atoms with van der Waals surface area (Å²) >= 11 is 0. The predicted molar refractivity (Wildman–Crippen MR) is 102 cm³/mol. The maximum atomic E-state index is 12.7. The van der Waals surface area contributed by atoms with Crippen molar-refractivity contribution in [1.29, 1.82) is 0 Å². The molecule has 140 valence electrons. The van der Waals surface area contributed by atoms with E-state index in [4.69, 9.17) is 0 Å². The Morgan fingerprint density at radius 3 is 2.46 bits per heavy atom. The average Bonchev–Trinajstić information content (AvgIpc) is 3.16. The van der Waals surface area contributed by atoms with Crippen LogP contribution in [0.1, 0.15) is 47.9 Å². The number of hydrogen-bond acceptors (Lipinski definition) is 4. The highest BCUT2D eigenvalue weighted by Gasteiger charge is 2.33. The maximum Gasteiger partial charge on any atom is 0.274 e. The van der Waals surface area contributed by atoms with E-state index in [-0.39, 0.29) is 23.5 Å². The Morgan fingerprint density at radius 1 is 1.27 bits per heavy atom. The molecule has 3 rings (SSSR count). The molecule has 26 heavy (non-hydrogen) atoms. The Kier molecular flexibility index (Phi) is 4.92. The third-order valence-electron chi connectivity index (χ3n) is 4.99. The molecule has 1 fully saturated rings. The third kappa shape index (κ3) is 3.67. The van der Waals surface area contributed by atoms with Gasteiger partial charge in [0.25, 0.3) is 5.91 Å². The number of carbonyl (C=O) groups is 1. The Labute approximate surface area is 154 Å². The van der Waals surface area contributed by atoms with Crippen molar-refractivity contribution in [2.45, 2.75) is 39.2 Å². The number of benzene rings is 1. The number of hydrogen-bond donors (Lipinski definition) is 0. The summed E-state index contributed by atoms with van der Waals surface area (Å²) in [5.41, 5.74) is 3.34. The molecule has 1 atom stereocenters. The van der Waals surface area contributed by atoms with Gasteiger partial charge in [0.2, 0.25) is 0 Å². The van der Waals surface area contributed by atoms with Crippen LogP contribution in [0.3, 0.4) is 0 Å².